The first-order chi connectivity index (χ1) is 17.1. The number of hydrogen-bond donors (Lipinski definition) is 2. The summed E-state index contributed by atoms with van der Waals surface area (Å²) in [6.07, 6.45) is 0. The van der Waals surface area contributed by atoms with Gasteiger partial charge in [-0.15, -0.1) is 0 Å². The van der Waals surface area contributed by atoms with Crippen LogP contribution in [0.5, 0.6) is 0 Å². The van der Waals surface area contributed by atoms with Crippen molar-refractivity contribution in [1.82, 2.24) is 0 Å². The van der Waals surface area contributed by atoms with Crippen LogP contribution < -0.4 is 0 Å². The van der Waals surface area contributed by atoms with Gasteiger partial charge in [-0.05, 0) is 0 Å². The average molecular weight is 856 g/mol. The van der Waals surface area contributed by atoms with Gasteiger partial charge < -0.3 is 19.7 Å². The van der Waals surface area contributed by atoms with Crippen molar-refractivity contribution in [3.63, 3.8) is 0 Å². The summed E-state index contributed by atoms with van der Waals surface area (Å²) in [5.74, 6) is 0. The molecule has 12 nitrogen and oxygen atoms in total. The summed E-state index contributed by atoms with van der Waals surface area (Å²) in [5.41, 5.74) is 0. The fourth-order valence-corrected chi connectivity index (χ4v) is 8.58. The third kappa shape index (κ3) is 31.9. The Balaban J connectivity index is 3.28. The number of halogens is 2. The van der Waals surface area contributed by atoms with Gasteiger partial charge in [-0.25, -0.2) is 0 Å². The zero-order valence-electron chi connectivity index (χ0n) is 20.3. The Morgan fingerprint density at radius 1 is 0.343 bits per heavy atom. The van der Waals surface area contributed by atoms with Crippen LogP contribution in [0.15, 0.2) is 0 Å². The van der Waals surface area contributed by atoms with Crippen molar-refractivity contribution < 1.29 is 54.3 Å². The molecule has 0 aliphatic rings. The topological polar surface area (TPSA) is 133 Å². The second-order valence-electron chi connectivity index (χ2n) is 6.37. The Morgan fingerprint density at radius 3 is 0.771 bits per heavy atom. The van der Waals surface area contributed by atoms with Gasteiger partial charge in [0.05, 0.1) is 26.4 Å². The summed E-state index contributed by atoms with van der Waals surface area (Å²) < 4.78 is 54.3. The molecule has 0 radical (unpaired) electrons. The third-order valence-electron chi connectivity index (χ3n) is 3.60. The van der Waals surface area contributed by atoms with Gasteiger partial charge in [0.1, 0.15) is 0 Å². The second-order valence-corrected chi connectivity index (χ2v) is 36.7. The number of ether oxygens (including phenoxy) is 8. The third-order valence-corrected chi connectivity index (χ3v) is 12.9. The summed E-state index contributed by atoms with van der Waals surface area (Å²) >= 11 is 1.72. The molecule has 0 saturated carbocycles. The minimum absolute atomic E-state index is 0.0240. The fourth-order valence-electron chi connectivity index (χ4n) is 2.07. The van der Waals surface area contributed by atoms with Crippen molar-refractivity contribution in [2.75, 3.05) is 132 Å². The molecule has 0 aliphatic heterocycles. The summed E-state index contributed by atoms with van der Waals surface area (Å²) in [4.78, 5) is 0. The molecule has 0 aromatic heterocycles. The quantitative estimate of drug-likeness (QED) is 0.0591. The predicted octanol–water partition coefficient (Wildman–Crippen LogP) is 0.443. The van der Waals surface area contributed by atoms with Crippen LogP contribution in [0.1, 0.15) is 0 Å². The molecule has 2 N–H and O–H groups in total. The van der Waals surface area contributed by atoms with Gasteiger partial charge in [0.2, 0.25) is 0 Å². The van der Waals surface area contributed by atoms with Gasteiger partial charge in [-0.3, -0.25) is 0 Å². The fraction of sp³-hybridized carbons (Fsp3) is 1.00. The van der Waals surface area contributed by atoms with E-state index in [0.717, 1.165) is 0 Å². The van der Waals surface area contributed by atoms with E-state index < -0.39 is 11.1 Å². The zero-order valence-corrected chi connectivity index (χ0v) is 26.9. The van der Waals surface area contributed by atoms with E-state index in [1.54, 1.807) is 0 Å². The Morgan fingerprint density at radius 2 is 0.543 bits per heavy atom. The molecule has 0 aromatic rings. The molecular weight excluding hydrogens is 814 g/mol. The van der Waals surface area contributed by atoms with E-state index >= 15 is 0 Å². The zero-order chi connectivity index (χ0) is 25.7. The minimum Gasteiger partial charge on any atom is -0.394 e. The van der Waals surface area contributed by atoms with E-state index in [1.165, 1.54) is 0 Å². The van der Waals surface area contributed by atoms with E-state index in [1.807, 2.05) is 0 Å². The van der Waals surface area contributed by atoms with Crippen LogP contribution in [-0.2, 0) is 44.1 Å². The monoisotopic (exact) mass is 858 g/mol. The van der Waals surface area contributed by atoms with Crippen molar-refractivity contribution in [1.29, 1.82) is 0 Å². The standard InChI is InChI=1S/C20H42I2O12Te/c21-35(22,33-19-17-31-15-13-29-11-9-27-7-5-25-3-1-23)34-20-18-32-16-14-30-12-10-28-8-6-26-4-2-24/h23-24H,1-20H2. The van der Waals surface area contributed by atoms with Crippen molar-refractivity contribution in [2.45, 2.75) is 0 Å². The molecule has 0 bridgehead atoms. The van der Waals surface area contributed by atoms with Crippen LogP contribution in [0.25, 0.3) is 0 Å². The maximum absolute atomic E-state index is 8.57. The predicted molar refractivity (Wildman–Crippen MR) is 146 cm³/mol. The normalized spacial score (nSPS) is 12.5. The molecule has 15 heteroatoms. The molecule has 0 atom stereocenters. The first-order valence-electron chi connectivity index (χ1n) is 11.5. The molecule has 0 rings (SSSR count). The van der Waals surface area contributed by atoms with E-state index in [9.17, 15) is 0 Å². The molecule has 0 saturated heterocycles. The van der Waals surface area contributed by atoms with E-state index in [4.69, 9.17) is 54.3 Å². The van der Waals surface area contributed by atoms with Crippen LogP contribution in [0.2, 0.25) is 0 Å². The molecule has 0 unspecified atom stereocenters. The van der Waals surface area contributed by atoms with Crippen molar-refractivity contribution in [3.05, 3.63) is 0 Å². The van der Waals surface area contributed by atoms with Crippen LogP contribution in [0.3, 0.4) is 0 Å². The SMILES string of the molecule is OCCOCCOCCOCCOCCO[Te](I)(I)OCCOCCOCCOCCOCCO. The Labute approximate surface area is 233 Å². The smallest absolute Gasteiger partial charge is 0.394 e. The van der Waals surface area contributed by atoms with Gasteiger partial charge in [0.15, 0.2) is 0 Å². The van der Waals surface area contributed by atoms with Gasteiger partial charge in [0, 0.05) is 0 Å². The molecule has 0 fully saturated rings. The van der Waals surface area contributed by atoms with Crippen molar-refractivity contribution in [2.24, 2.45) is 0 Å². The first-order valence-corrected chi connectivity index (χ1v) is 27.0. The Kier molecular flexibility index (Phi) is 31.8. The van der Waals surface area contributed by atoms with E-state index in [-0.39, 0.29) is 13.2 Å². The van der Waals surface area contributed by atoms with Gasteiger partial charge in [-0.2, -0.15) is 0 Å². The Hall–Kier alpha value is 1.77. The van der Waals surface area contributed by atoms with Crippen LogP contribution >= 0.6 is 37.4 Å². The second kappa shape index (κ2) is 30.3. The van der Waals surface area contributed by atoms with Gasteiger partial charge in [0.25, 0.3) is 0 Å². The van der Waals surface area contributed by atoms with E-state index in [2.05, 4.69) is 37.4 Å². The van der Waals surface area contributed by atoms with Crippen LogP contribution in [-0.4, -0.2) is 153 Å². The van der Waals surface area contributed by atoms with E-state index in [0.29, 0.717) is 119 Å². The number of rotatable bonds is 30. The molecular formula is C20H42I2O12Te. The van der Waals surface area contributed by atoms with Gasteiger partial charge >= 0.3 is 189 Å². The summed E-state index contributed by atoms with van der Waals surface area (Å²) in [6, 6.07) is 0. The number of aliphatic hydroxyl groups is 2. The van der Waals surface area contributed by atoms with Crippen LogP contribution in [0.4, 0.5) is 0 Å². The molecule has 0 heterocycles. The molecule has 0 aliphatic carbocycles. The molecule has 0 amide bonds. The Bertz CT molecular complexity index is 382. The average Bonchev–Trinajstić information content (AvgIpc) is 2.84. The van der Waals surface area contributed by atoms with Crippen molar-refractivity contribution >= 4 is 48.5 Å². The molecule has 0 aromatic carbocycles. The number of aliphatic hydroxyl groups excluding tert-OH is 2. The number of hydrogen-bond acceptors (Lipinski definition) is 12. The summed E-state index contributed by atoms with van der Waals surface area (Å²) in [6.45, 7) is 8.53. The molecule has 35 heavy (non-hydrogen) atoms. The maximum atomic E-state index is 8.57. The summed E-state index contributed by atoms with van der Waals surface area (Å²) in [7, 11) is 0. The van der Waals surface area contributed by atoms with Gasteiger partial charge in [-0.1, -0.05) is 0 Å². The summed E-state index contributed by atoms with van der Waals surface area (Å²) in [5, 5.41) is 17.1. The first kappa shape index (κ1) is 36.8. The molecule has 0 spiro atoms. The molecule has 214 valence electrons. The van der Waals surface area contributed by atoms with Crippen LogP contribution in [0, 0.1) is 0 Å². The van der Waals surface area contributed by atoms with Crippen molar-refractivity contribution in [3.8, 4) is 0 Å². The minimum atomic E-state index is -2.82.